The van der Waals surface area contributed by atoms with Crippen molar-refractivity contribution in [2.75, 3.05) is 18.9 Å². The van der Waals surface area contributed by atoms with Gasteiger partial charge < -0.3 is 10.2 Å². The Hall–Kier alpha value is -2.36. The van der Waals surface area contributed by atoms with Crippen LogP contribution in [0.15, 0.2) is 42.6 Å². The molecule has 0 radical (unpaired) electrons. The molecule has 4 nitrogen and oxygen atoms in total. The van der Waals surface area contributed by atoms with E-state index in [0.717, 1.165) is 41.9 Å². The molecule has 108 valence electrons. The first kappa shape index (κ1) is 13.6. The second kappa shape index (κ2) is 5.95. The van der Waals surface area contributed by atoms with Crippen molar-refractivity contribution in [3.63, 3.8) is 0 Å². The second-order valence-corrected chi connectivity index (χ2v) is 5.34. The van der Waals surface area contributed by atoms with Crippen molar-refractivity contribution < 1.29 is 4.79 Å². The minimum atomic E-state index is 0.0567. The van der Waals surface area contributed by atoms with Gasteiger partial charge in [0.1, 0.15) is 0 Å². The smallest absolute Gasteiger partial charge is 0.254 e. The van der Waals surface area contributed by atoms with E-state index in [4.69, 9.17) is 0 Å². The SMILES string of the molecule is CN(Cc1ccccn1)C(=O)c1cccc2c1CCCN2. The van der Waals surface area contributed by atoms with E-state index in [1.807, 2.05) is 43.4 Å². The Morgan fingerprint density at radius 3 is 3.00 bits per heavy atom. The summed E-state index contributed by atoms with van der Waals surface area (Å²) in [6.45, 7) is 1.51. The van der Waals surface area contributed by atoms with Gasteiger partial charge in [0, 0.05) is 31.0 Å². The molecule has 0 saturated heterocycles. The molecule has 4 heteroatoms. The van der Waals surface area contributed by atoms with Crippen LogP contribution in [0.5, 0.6) is 0 Å². The van der Waals surface area contributed by atoms with Crippen LogP contribution >= 0.6 is 0 Å². The Morgan fingerprint density at radius 1 is 1.29 bits per heavy atom. The van der Waals surface area contributed by atoms with Gasteiger partial charge in [-0.05, 0) is 42.7 Å². The van der Waals surface area contributed by atoms with Crippen molar-refractivity contribution in [1.29, 1.82) is 0 Å². The predicted molar refractivity (Wildman–Crippen MR) is 83.3 cm³/mol. The molecule has 3 rings (SSSR count). The first-order chi connectivity index (χ1) is 10.3. The third-order valence-corrected chi connectivity index (χ3v) is 3.80. The normalized spacial score (nSPS) is 13.2. The molecule has 0 fully saturated rings. The summed E-state index contributed by atoms with van der Waals surface area (Å²) in [5.74, 6) is 0.0567. The molecule has 21 heavy (non-hydrogen) atoms. The molecule has 0 bridgehead atoms. The average Bonchev–Trinajstić information content (AvgIpc) is 2.54. The molecule has 1 aliphatic rings. The summed E-state index contributed by atoms with van der Waals surface area (Å²) in [5.41, 5.74) is 3.94. The molecule has 1 N–H and O–H groups in total. The topological polar surface area (TPSA) is 45.2 Å². The molecule has 0 atom stereocenters. The lowest BCUT2D eigenvalue weighted by Crippen LogP contribution is -2.28. The summed E-state index contributed by atoms with van der Waals surface area (Å²) in [6.07, 6.45) is 3.78. The van der Waals surface area contributed by atoms with Crippen LogP contribution in [0.2, 0.25) is 0 Å². The molecule has 1 aliphatic heterocycles. The lowest BCUT2D eigenvalue weighted by atomic mass is 9.97. The molecule has 2 heterocycles. The second-order valence-electron chi connectivity index (χ2n) is 5.34. The number of pyridine rings is 1. The average molecular weight is 281 g/mol. The van der Waals surface area contributed by atoms with Crippen molar-refractivity contribution in [1.82, 2.24) is 9.88 Å². The molecule has 1 aromatic heterocycles. The van der Waals surface area contributed by atoms with E-state index in [1.54, 1.807) is 11.1 Å². The summed E-state index contributed by atoms with van der Waals surface area (Å²) >= 11 is 0. The monoisotopic (exact) mass is 281 g/mol. The van der Waals surface area contributed by atoms with E-state index in [1.165, 1.54) is 0 Å². The molecule has 1 aromatic carbocycles. The van der Waals surface area contributed by atoms with Crippen molar-refractivity contribution >= 4 is 11.6 Å². The van der Waals surface area contributed by atoms with Gasteiger partial charge in [-0.3, -0.25) is 9.78 Å². The Morgan fingerprint density at radius 2 is 2.19 bits per heavy atom. The molecule has 0 unspecified atom stereocenters. The van der Waals surface area contributed by atoms with E-state index in [-0.39, 0.29) is 5.91 Å². The van der Waals surface area contributed by atoms with Gasteiger partial charge in [-0.25, -0.2) is 0 Å². The number of hydrogen-bond donors (Lipinski definition) is 1. The summed E-state index contributed by atoms with van der Waals surface area (Å²) in [5, 5.41) is 3.36. The maximum absolute atomic E-state index is 12.7. The van der Waals surface area contributed by atoms with Gasteiger partial charge in [0.2, 0.25) is 0 Å². The number of nitrogens with zero attached hydrogens (tertiary/aromatic N) is 2. The number of benzene rings is 1. The zero-order valence-electron chi connectivity index (χ0n) is 12.2. The number of rotatable bonds is 3. The first-order valence-corrected chi connectivity index (χ1v) is 7.27. The third kappa shape index (κ3) is 2.89. The molecule has 0 saturated carbocycles. The Kier molecular flexibility index (Phi) is 3.86. The largest absolute Gasteiger partial charge is 0.385 e. The van der Waals surface area contributed by atoms with Gasteiger partial charge >= 0.3 is 0 Å². The summed E-state index contributed by atoms with van der Waals surface area (Å²) < 4.78 is 0. The summed E-state index contributed by atoms with van der Waals surface area (Å²) in [4.78, 5) is 18.7. The number of fused-ring (bicyclic) bond motifs is 1. The molecular weight excluding hydrogens is 262 g/mol. The number of anilines is 1. The minimum Gasteiger partial charge on any atom is -0.385 e. The highest BCUT2D eigenvalue weighted by Gasteiger charge is 2.20. The van der Waals surface area contributed by atoms with E-state index in [2.05, 4.69) is 10.3 Å². The van der Waals surface area contributed by atoms with Crippen molar-refractivity contribution in [2.45, 2.75) is 19.4 Å². The maximum Gasteiger partial charge on any atom is 0.254 e. The number of carbonyl (C=O) groups is 1. The van der Waals surface area contributed by atoms with E-state index >= 15 is 0 Å². The minimum absolute atomic E-state index is 0.0567. The third-order valence-electron chi connectivity index (χ3n) is 3.80. The fourth-order valence-corrected chi connectivity index (χ4v) is 2.72. The van der Waals surface area contributed by atoms with Crippen LogP contribution < -0.4 is 5.32 Å². The quantitative estimate of drug-likeness (QED) is 0.941. The fraction of sp³-hybridized carbons (Fsp3) is 0.294. The molecule has 0 spiro atoms. The zero-order chi connectivity index (χ0) is 14.7. The zero-order valence-corrected chi connectivity index (χ0v) is 12.2. The lowest BCUT2D eigenvalue weighted by Gasteiger charge is -2.23. The maximum atomic E-state index is 12.7. The van der Waals surface area contributed by atoms with E-state index in [9.17, 15) is 4.79 Å². The number of nitrogens with one attached hydrogen (secondary N) is 1. The Labute approximate surface area is 124 Å². The van der Waals surface area contributed by atoms with Gasteiger partial charge in [-0.15, -0.1) is 0 Å². The van der Waals surface area contributed by atoms with Gasteiger partial charge in [0.05, 0.1) is 12.2 Å². The van der Waals surface area contributed by atoms with E-state index in [0.29, 0.717) is 6.54 Å². The van der Waals surface area contributed by atoms with Crippen LogP contribution in [0.25, 0.3) is 0 Å². The van der Waals surface area contributed by atoms with Crippen molar-refractivity contribution in [3.8, 4) is 0 Å². The number of aromatic nitrogens is 1. The first-order valence-electron chi connectivity index (χ1n) is 7.27. The summed E-state index contributed by atoms with van der Waals surface area (Å²) in [7, 11) is 1.83. The predicted octanol–water partition coefficient (Wildman–Crippen LogP) is 2.71. The van der Waals surface area contributed by atoms with Crippen LogP contribution in [0.4, 0.5) is 5.69 Å². The highest BCUT2D eigenvalue weighted by molar-refractivity contribution is 5.97. The Bertz CT molecular complexity index is 640. The van der Waals surface area contributed by atoms with Crippen LogP contribution in [0.3, 0.4) is 0 Å². The number of carbonyl (C=O) groups excluding carboxylic acids is 1. The highest BCUT2D eigenvalue weighted by atomic mass is 16.2. The molecular formula is C17H19N3O. The van der Waals surface area contributed by atoms with Crippen LogP contribution in [-0.2, 0) is 13.0 Å². The molecule has 1 amide bonds. The lowest BCUT2D eigenvalue weighted by molar-refractivity contribution is 0.0782. The van der Waals surface area contributed by atoms with Crippen molar-refractivity contribution in [3.05, 3.63) is 59.4 Å². The van der Waals surface area contributed by atoms with Crippen LogP contribution in [0, 0.1) is 0 Å². The number of amides is 1. The number of hydrogen-bond acceptors (Lipinski definition) is 3. The van der Waals surface area contributed by atoms with Gasteiger partial charge in [-0.1, -0.05) is 12.1 Å². The van der Waals surface area contributed by atoms with Gasteiger partial charge in [0.15, 0.2) is 0 Å². The molecule has 0 aliphatic carbocycles. The highest BCUT2D eigenvalue weighted by Crippen LogP contribution is 2.26. The summed E-state index contributed by atoms with van der Waals surface area (Å²) in [6, 6.07) is 11.7. The van der Waals surface area contributed by atoms with E-state index < -0.39 is 0 Å². The molecule has 2 aromatic rings. The van der Waals surface area contributed by atoms with Crippen LogP contribution in [0.1, 0.15) is 28.0 Å². The fourth-order valence-electron chi connectivity index (χ4n) is 2.72. The van der Waals surface area contributed by atoms with Gasteiger partial charge in [0.25, 0.3) is 5.91 Å². The van der Waals surface area contributed by atoms with Crippen LogP contribution in [-0.4, -0.2) is 29.4 Å². The Balaban J connectivity index is 1.82. The van der Waals surface area contributed by atoms with Crippen molar-refractivity contribution in [2.24, 2.45) is 0 Å². The van der Waals surface area contributed by atoms with Gasteiger partial charge in [-0.2, -0.15) is 0 Å². The standard InChI is InChI=1S/C17H19N3O/c1-20(12-13-6-2-3-10-18-13)17(21)15-7-4-9-16-14(15)8-5-11-19-16/h2-4,6-7,9-10,19H,5,8,11-12H2,1H3.